The van der Waals surface area contributed by atoms with Crippen LogP contribution in [0.4, 0.5) is 5.69 Å². The maximum Gasteiger partial charge on any atom is 0.234 e. The van der Waals surface area contributed by atoms with E-state index >= 15 is 0 Å². The van der Waals surface area contributed by atoms with E-state index in [1.165, 1.54) is 0 Å². The van der Waals surface area contributed by atoms with Crippen LogP contribution in [-0.2, 0) is 10.2 Å². The molecule has 0 spiro atoms. The zero-order valence-electron chi connectivity index (χ0n) is 14.7. The highest BCUT2D eigenvalue weighted by atomic mass is 35.5. The van der Waals surface area contributed by atoms with Gasteiger partial charge in [0.05, 0.1) is 12.5 Å². The minimum atomic E-state index is -0.737. The van der Waals surface area contributed by atoms with Gasteiger partial charge in [-0.25, -0.2) is 0 Å². The van der Waals surface area contributed by atoms with Gasteiger partial charge in [-0.3, -0.25) is 4.79 Å². The first-order valence-electron chi connectivity index (χ1n) is 8.06. The van der Waals surface area contributed by atoms with Crippen LogP contribution in [0.1, 0.15) is 25.0 Å². The third kappa shape index (κ3) is 3.22. The molecular weight excluding hydrogens is 336 g/mol. The molecule has 1 aromatic heterocycles. The maximum absolute atomic E-state index is 13.0. The Morgan fingerprint density at radius 3 is 2.68 bits per heavy atom. The summed E-state index contributed by atoms with van der Waals surface area (Å²) in [6, 6.07) is 11.3. The number of carbonyl (C=O) groups is 1. The van der Waals surface area contributed by atoms with Crippen molar-refractivity contribution in [2.45, 2.75) is 26.2 Å². The van der Waals surface area contributed by atoms with Crippen LogP contribution in [0.3, 0.4) is 0 Å². The number of H-pyrrole nitrogens is 1. The molecule has 3 aromatic rings. The summed E-state index contributed by atoms with van der Waals surface area (Å²) >= 11 is 6.06. The van der Waals surface area contributed by atoms with E-state index in [4.69, 9.17) is 16.3 Å². The highest BCUT2D eigenvalue weighted by molar-refractivity contribution is 6.31. The van der Waals surface area contributed by atoms with Gasteiger partial charge in [0.1, 0.15) is 5.75 Å². The zero-order chi connectivity index (χ0) is 18.2. The second-order valence-electron chi connectivity index (χ2n) is 6.65. The van der Waals surface area contributed by atoms with E-state index in [-0.39, 0.29) is 5.91 Å². The molecule has 0 saturated carbocycles. The number of hydrogen-bond donors (Lipinski definition) is 2. The molecule has 0 aliphatic carbocycles. The first-order valence-corrected chi connectivity index (χ1v) is 8.44. The Morgan fingerprint density at radius 1 is 1.20 bits per heavy atom. The molecule has 2 N–H and O–H groups in total. The summed E-state index contributed by atoms with van der Waals surface area (Å²) in [5.74, 6) is 0.664. The van der Waals surface area contributed by atoms with Crippen LogP contribution in [0.15, 0.2) is 42.6 Å². The topological polar surface area (TPSA) is 54.1 Å². The highest BCUT2D eigenvalue weighted by Crippen LogP contribution is 2.34. The van der Waals surface area contributed by atoms with Crippen LogP contribution >= 0.6 is 11.6 Å². The average Bonchev–Trinajstić information content (AvgIpc) is 3.01. The van der Waals surface area contributed by atoms with Gasteiger partial charge < -0.3 is 15.0 Å². The first-order chi connectivity index (χ1) is 11.8. The standard InChI is InChI=1S/C20H21ClN2O2/c1-12-5-6-13(21)9-18(12)23-19(24)20(2,3)16-11-22-17-8-7-14(25-4)10-15(16)17/h5-11,22H,1-4H3,(H,23,24). The lowest BCUT2D eigenvalue weighted by Gasteiger charge is -2.24. The van der Waals surface area contributed by atoms with Crippen molar-refractivity contribution in [3.8, 4) is 5.75 Å². The van der Waals surface area contributed by atoms with Gasteiger partial charge >= 0.3 is 0 Å². The van der Waals surface area contributed by atoms with E-state index in [1.807, 2.05) is 57.3 Å². The Morgan fingerprint density at radius 2 is 1.96 bits per heavy atom. The van der Waals surface area contributed by atoms with Crippen LogP contribution in [0, 0.1) is 6.92 Å². The summed E-state index contributed by atoms with van der Waals surface area (Å²) in [6.45, 7) is 5.75. The number of aromatic amines is 1. The largest absolute Gasteiger partial charge is 0.497 e. The average molecular weight is 357 g/mol. The van der Waals surface area contributed by atoms with Gasteiger partial charge in [0, 0.05) is 27.8 Å². The number of rotatable bonds is 4. The zero-order valence-corrected chi connectivity index (χ0v) is 15.5. The predicted octanol–water partition coefficient (Wildman–Crippen LogP) is 5.05. The Balaban J connectivity index is 1.98. The van der Waals surface area contributed by atoms with Crippen molar-refractivity contribution in [3.63, 3.8) is 0 Å². The Labute approximate surface area is 152 Å². The number of halogens is 1. The minimum absolute atomic E-state index is 0.0958. The fraction of sp³-hybridized carbons (Fsp3) is 0.250. The molecular formula is C20H21ClN2O2. The normalized spacial score (nSPS) is 11.6. The lowest BCUT2D eigenvalue weighted by Crippen LogP contribution is -2.34. The van der Waals surface area contributed by atoms with Gasteiger partial charge in [0.25, 0.3) is 0 Å². The van der Waals surface area contributed by atoms with Crippen molar-refractivity contribution in [2.24, 2.45) is 0 Å². The molecule has 0 saturated heterocycles. The molecule has 0 radical (unpaired) electrons. The monoisotopic (exact) mass is 356 g/mol. The number of fused-ring (bicyclic) bond motifs is 1. The van der Waals surface area contributed by atoms with Gasteiger partial charge in [0.2, 0.25) is 5.91 Å². The van der Waals surface area contributed by atoms with E-state index in [2.05, 4.69) is 10.3 Å². The van der Waals surface area contributed by atoms with Gasteiger partial charge in [-0.1, -0.05) is 17.7 Å². The lowest BCUT2D eigenvalue weighted by molar-refractivity contribution is -0.120. The predicted molar refractivity (Wildman–Crippen MR) is 103 cm³/mol. The highest BCUT2D eigenvalue weighted by Gasteiger charge is 2.32. The lowest BCUT2D eigenvalue weighted by atomic mass is 9.83. The van der Waals surface area contributed by atoms with Crippen LogP contribution in [0.25, 0.3) is 10.9 Å². The van der Waals surface area contributed by atoms with Crippen LogP contribution < -0.4 is 10.1 Å². The molecule has 1 heterocycles. The number of methoxy groups -OCH3 is 1. The number of anilines is 1. The molecule has 5 heteroatoms. The number of aryl methyl sites for hydroxylation is 1. The Bertz CT molecular complexity index is 944. The summed E-state index contributed by atoms with van der Waals surface area (Å²) in [7, 11) is 1.63. The van der Waals surface area contributed by atoms with E-state index in [9.17, 15) is 4.79 Å². The molecule has 0 aliphatic rings. The molecule has 4 nitrogen and oxygen atoms in total. The number of hydrogen-bond acceptors (Lipinski definition) is 2. The van der Waals surface area contributed by atoms with E-state index in [1.54, 1.807) is 13.2 Å². The second-order valence-corrected chi connectivity index (χ2v) is 7.09. The minimum Gasteiger partial charge on any atom is -0.497 e. The molecule has 1 amide bonds. The van der Waals surface area contributed by atoms with Gasteiger partial charge in [0.15, 0.2) is 0 Å². The summed E-state index contributed by atoms with van der Waals surface area (Å²) in [5.41, 5.74) is 2.84. The van der Waals surface area contributed by atoms with Crippen molar-refractivity contribution in [3.05, 3.63) is 58.7 Å². The Kier molecular flexibility index (Phi) is 4.48. The molecule has 0 aliphatic heterocycles. The first kappa shape index (κ1) is 17.4. The number of aromatic nitrogens is 1. The second kappa shape index (κ2) is 6.45. The Hall–Kier alpha value is -2.46. The van der Waals surface area contributed by atoms with Crippen molar-refractivity contribution >= 4 is 34.1 Å². The van der Waals surface area contributed by atoms with E-state index in [0.717, 1.165) is 33.5 Å². The van der Waals surface area contributed by atoms with Gasteiger partial charge in [-0.05, 0) is 62.2 Å². The van der Waals surface area contributed by atoms with Crippen molar-refractivity contribution in [1.29, 1.82) is 0 Å². The fourth-order valence-corrected chi connectivity index (χ4v) is 3.05. The molecule has 0 unspecified atom stereocenters. The van der Waals surface area contributed by atoms with Crippen molar-refractivity contribution in [2.75, 3.05) is 12.4 Å². The molecule has 0 fully saturated rings. The van der Waals surface area contributed by atoms with Crippen LogP contribution in [0.5, 0.6) is 5.75 Å². The van der Waals surface area contributed by atoms with Crippen molar-refractivity contribution in [1.82, 2.24) is 4.98 Å². The summed E-state index contributed by atoms with van der Waals surface area (Å²) in [5, 5.41) is 4.57. The van der Waals surface area contributed by atoms with E-state index in [0.29, 0.717) is 5.02 Å². The SMILES string of the molecule is COc1ccc2[nH]cc(C(C)(C)C(=O)Nc3cc(Cl)ccc3C)c2c1. The number of carbonyl (C=O) groups excluding carboxylic acids is 1. The van der Waals surface area contributed by atoms with E-state index < -0.39 is 5.41 Å². The maximum atomic E-state index is 13.0. The summed E-state index contributed by atoms with van der Waals surface area (Å²) < 4.78 is 5.32. The van der Waals surface area contributed by atoms with Crippen molar-refractivity contribution < 1.29 is 9.53 Å². The molecule has 130 valence electrons. The quantitative estimate of drug-likeness (QED) is 0.686. The van der Waals surface area contributed by atoms with Crippen LogP contribution in [-0.4, -0.2) is 18.0 Å². The molecule has 25 heavy (non-hydrogen) atoms. The fourth-order valence-electron chi connectivity index (χ4n) is 2.87. The molecule has 2 aromatic carbocycles. The molecule has 3 rings (SSSR count). The third-order valence-corrected chi connectivity index (χ3v) is 4.81. The van der Waals surface area contributed by atoms with Gasteiger partial charge in [-0.15, -0.1) is 0 Å². The molecule has 0 bridgehead atoms. The summed E-state index contributed by atoms with van der Waals surface area (Å²) in [4.78, 5) is 16.2. The molecule has 0 atom stereocenters. The number of ether oxygens (including phenoxy) is 1. The van der Waals surface area contributed by atoms with Crippen LogP contribution in [0.2, 0.25) is 5.02 Å². The third-order valence-electron chi connectivity index (χ3n) is 4.58. The number of benzene rings is 2. The number of nitrogens with one attached hydrogen (secondary N) is 2. The van der Waals surface area contributed by atoms with Gasteiger partial charge in [-0.2, -0.15) is 0 Å². The smallest absolute Gasteiger partial charge is 0.234 e. The summed E-state index contributed by atoms with van der Waals surface area (Å²) in [6.07, 6.45) is 1.88. The number of amides is 1.